The lowest BCUT2D eigenvalue weighted by Crippen LogP contribution is -2.29. The minimum atomic E-state index is -3.74. The second kappa shape index (κ2) is 9.53. The molecule has 2 aromatic rings. The highest BCUT2D eigenvalue weighted by Gasteiger charge is 2.22. The number of carbonyl (C=O) groups excluding carboxylic acids is 1. The highest BCUT2D eigenvalue weighted by molar-refractivity contribution is 7.92. The van der Waals surface area contributed by atoms with Gasteiger partial charge in [0.25, 0.3) is 15.9 Å². The number of anilines is 2. The average Bonchev–Trinajstić information content (AvgIpc) is 2.68. The molecule has 1 amide bonds. The SMILES string of the molecule is CCCCOC(C)C(=O)Nc1cccc(S(=O)(=O)N(C)c2ccccc2)c1. The van der Waals surface area contributed by atoms with Gasteiger partial charge < -0.3 is 10.1 Å². The van der Waals surface area contributed by atoms with Crippen LogP contribution in [-0.4, -0.2) is 34.1 Å². The third-order valence-corrected chi connectivity index (χ3v) is 5.90. The van der Waals surface area contributed by atoms with Crippen molar-refractivity contribution < 1.29 is 17.9 Å². The summed E-state index contributed by atoms with van der Waals surface area (Å²) in [5.74, 6) is -0.308. The summed E-state index contributed by atoms with van der Waals surface area (Å²) in [6.07, 6.45) is 1.27. The standard InChI is InChI=1S/C20H26N2O4S/c1-4-5-14-26-16(2)20(23)21-17-10-9-13-19(15-17)27(24,25)22(3)18-11-7-6-8-12-18/h6-13,15-16H,4-5,14H2,1-3H3,(H,21,23). The zero-order chi connectivity index (χ0) is 19.9. The van der Waals surface area contributed by atoms with Gasteiger partial charge in [0.05, 0.1) is 10.6 Å². The molecule has 146 valence electrons. The van der Waals surface area contributed by atoms with Crippen LogP contribution in [0.25, 0.3) is 0 Å². The molecular weight excluding hydrogens is 364 g/mol. The molecule has 1 unspecified atom stereocenters. The van der Waals surface area contributed by atoms with Crippen LogP contribution in [0.2, 0.25) is 0 Å². The van der Waals surface area contributed by atoms with E-state index in [4.69, 9.17) is 4.74 Å². The van der Waals surface area contributed by atoms with Crippen molar-refractivity contribution in [1.82, 2.24) is 0 Å². The van der Waals surface area contributed by atoms with Crippen molar-refractivity contribution in [1.29, 1.82) is 0 Å². The quantitative estimate of drug-likeness (QED) is 0.663. The molecule has 0 aliphatic carbocycles. The van der Waals surface area contributed by atoms with Crippen molar-refractivity contribution in [3.8, 4) is 0 Å². The third kappa shape index (κ3) is 5.55. The maximum atomic E-state index is 12.9. The second-order valence-electron chi connectivity index (χ2n) is 6.19. The Morgan fingerprint density at radius 2 is 1.85 bits per heavy atom. The Hall–Kier alpha value is -2.38. The van der Waals surface area contributed by atoms with E-state index in [-0.39, 0.29) is 10.8 Å². The number of nitrogens with zero attached hydrogens (tertiary/aromatic N) is 1. The number of para-hydroxylation sites is 1. The Kier molecular flexibility index (Phi) is 7.38. The topological polar surface area (TPSA) is 75.7 Å². The average molecular weight is 391 g/mol. The first-order valence-electron chi connectivity index (χ1n) is 8.92. The number of amides is 1. The number of ether oxygens (including phenoxy) is 1. The highest BCUT2D eigenvalue weighted by Crippen LogP contribution is 2.23. The summed E-state index contributed by atoms with van der Waals surface area (Å²) in [6, 6.07) is 15.0. The molecule has 2 rings (SSSR count). The van der Waals surface area contributed by atoms with Gasteiger partial charge in [0.15, 0.2) is 0 Å². The monoisotopic (exact) mass is 390 g/mol. The lowest BCUT2D eigenvalue weighted by atomic mass is 10.3. The molecule has 27 heavy (non-hydrogen) atoms. The van der Waals surface area contributed by atoms with Gasteiger partial charge in [0.2, 0.25) is 0 Å². The van der Waals surface area contributed by atoms with Gasteiger partial charge >= 0.3 is 0 Å². The molecule has 0 radical (unpaired) electrons. The second-order valence-corrected chi connectivity index (χ2v) is 8.16. The van der Waals surface area contributed by atoms with Crippen LogP contribution in [0.1, 0.15) is 26.7 Å². The fourth-order valence-corrected chi connectivity index (χ4v) is 3.64. The normalized spacial score (nSPS) is 12.4. The van der Waals surface area contributed by atoms with Crippen LogP contribution in [-0.2, 0) is 19.6 Å². The zero-order valence-corrected chi connectivity index (χ0v) is 16.7. The van der Waals surface area contributed by atoms with Gasteiger partial charge in [-0.05, 0) is 43.7 Å². The van der Waals surface area contributed by atoms with E-state index >= 15 is 0 Å². The lowest BCUT2D eigenvalue weighted by molar-refractivity contribution is -0.126. The zero-order valence-electron chi connectivity index (χ0n) is 15.9. The van der Waals surface area contributed by atoms with E-state index in [1.807, 2.05) is 13.0 Å². The molecular formula is C20H26N2O4S. The molecule has 0 fully saturated rings. The lowest BCUT2D eigenvalue weighted by Gasteiger charge is -2.20. The highest BCUT2D eigenvalue weighted by atomic mass is 32.2. The van der Waals surface area contributed by atoms with Crippen LogP contribution in [0.5, 0.6) is 0 Å². The molecule has 0 aliphatic heterocycles. The van der Waals surface area contributed by atoms with Crippen molar-refractivity contribution in [3.05, 3.63) is 54.6 Å². The molecule has 0 heterocycles. The first-order valence-corrected chi connectivity index (χ1v) is 10.4. The number of hydrogen-bond acceptors (Lipinski definition) is 4. The summed E-state index contributed by atoms with van der Waals surface area (Å²) in [6.45, 7) is 4.24. The van der Waals surface area contributed by atoms with E-state index < -0.39 is 16.1 Å². The largest absolute Gasteiger partial charge is 0.369 e. The summed E-state index contributed by atoms with van der Waals surface area (Å²) in [5.41, 5.74) is 0.971. The van der Waals surface area contributed by atoms with Crippen LogP contribution in [0, 0.1) is 0 Å². The fraction of sp³-hybridized carbons (Fsp3) is 0.350. The summed E-state index contributed by atoms with van der Waals surface area (Å²) >= 11 is 0. The number of rotatable bonds is 9. The molecule has 0 spiro atoms. The van der Waals surface area contributed by atoms with Crippen molar-refractivity contribution >= 4 is 27.3 Å². The molecule has 0 aliphatic rings. The molecule has 1 N–H and O–H groups in total. The molecule has 6 nitrogen and oxygen atoms in total. The van der Waals surface area contributed by atoms with Gasteiger partial charge in [-0.15, -0.1) is 0 Å². The summed E-state index contributed by atoms with van der Waals surface area (Å²) in [7, 11) is -2.24. The third-order valence-electron chi connectivity index (χ3n) is 4.11. The predicted molar refractivity (Wildman–Crippen MR) is 107 cm³/mol. The van der Waals surface area contributed by atoms with E-state index in [0.717, 1.165) is 12.8 Å². The molecule has 0 saturated heterocycles. The van der Waals surface area contributed by atoms with Crippen LogP contribution < -0.4 is 9.62 Å². The van der Waals surface area contributed by atoms with Crippen molar-refractivity contribution in [2.75, 3.05) is 23.3 Å². The number of carbonyl (C=O) groups is 1. The maximum Gasteiger partial charge on any atom is 0.264 e. The Morgan fingerprint density at radius 3 is 2.52 bits per heavy atom. The van der Waals surface area contributed by atoms with Gasteiger partial charge in [-0.3, -0.25) is 9.10 Å². The van der Waals surface area contributed by atoms with Gasteiger partial charge in [-0.2, -0.15) is 0 Å². The number of sulfonamides is 1. The molecule has 0 bridgehead atoms. The summed E-state index contributed by atoms with van der Waals surface area (Å²) in [4.78, 5) is 12.3. The van der Waals surface area contributed by atoms with E-state index in [1.165, 1.54) is 23.5 Å². The van der Waals surface area contributed by atoms with Crippen molar-refractivity contribution in [2.45, 2.75) is 37.7 Å². The van der Waals surface area contributed by atoms with Crippen molar-refractivity contribution in [3.63, 3.8) is 0 Å². The van der Waals surface area contributed by atoms with Crippen LogP contribution in [0.15, 0.2) is 59.5 Å². The van der Waals surface area contributed by atoms with Gasteiger partial charge in [0.1, 0.15) is 6.10 Å². The Bertz CT molecular complexity index is 853. The molecule has 1 atom stereocenters. The Morgan fingerprint density at radius 1 is 1.15 bits per heavy atom. The molecule has 2 aromatic carbocycles. The minimum Gasteiger partial charge on any atom is -0.369 e. The number of hydrogen-bond donors (Lipinski definition) is 1. The maximum absolute atomic E-state index is 12.9. The molecule has 0 saturated carbocycles. The predicted octanol–water partition coefficient (Wildman–Crippen LogP) is 3.66. The number of unbranched alkanes of at least 4 members (excludes halogenated alkanes) is 1. The van der Waals surface area contributed by atoms with E-state index in [1.54, 1.807) is 43.3 Å². The first-order chi connectivity index (χ1) is 12.9. The van der Waals surface area contributed by atoms with Gasteiger partial charge in [0, 0.05) is 19.3 Å². The Labute approximate surface area is 161 Å². The minimum absolute atomic E-state index is 0.103. The van der Waals surface area contributed by atoms with Crippen LogP contribution in [0.4, 0.5) is 11.4 Å². The molecule has 0 aromatic heterocycles. The van der Waals surface area contributed by atoms with Crippen LogP contribution in [0.3, 0.4) is 0 Å². The van der Waals surface area contributed by atoms with Crippen molar-refractivity contribution in [2.24, 2.45) is 0 Å². The van der Waals surface area contributed by atoms with Gasteiger partial charge in [-0.1, -0.05) is 37.6 Å². The van der Waals surface area contributed by atoms with Crippen LogP contribution >= 0.6 is 0 Å². The smallest absolute Gasteiger partial charge is 0.264 e. The summed E-state index contributed by atoms with van der Waals surface area (Å²) < 4.78 is 32.4. The van der Waals surface area contributed by atoms with E-state index in [9.17, 15) is 13.2 Å². The van der Waals surface area contributed by atoms with Gasteiger partial charge in [-0.25, -0.2) is 8.42 Å². The number of nitrogens with one attached hydrogen (secondary N) is 1. The fourth-order valence-electron chi connectivity index (χ4n) is 2.39. The summed E-state index contributed by atoms with van der Waals surface area (Å²) in [5, 5.41) is 2.71. The first kappa shape index (κ1) is 20.9. The number of benzene rings is 2. The van der Waals surface area contributed by atoms with E-state index in [2.05, 4.69) is 5.32 Å². The van der Waals surface area contributed by atoms with E-state index in [0.29, 0.717) is 18.0 Å². The molecule has 7 heteroatoms. The Balaban J connectivity index is 2.13.